The summed E-state index contributed by atoms with van der Waals surface area (Å²) < 4.78 is 14.2. The highest BCUT2D eigenvalue weighted by Crippen LogP contribution is 2.34. The van der Waals surface area contributed by atoms with Gasteiger partial charge in [-0.3, -0.25) is 9.80 Å². The molecule has 0 saturated carbocycles. The maximum Gasteiger partial charge on any atom is 0.322 e. The van der Waals surface area contributed by atoms with Gasteiger partial charge in [-0.15, -0.1) is 0 Å². The van der Waals surface area contributed by atoms with Crippen molar-refractivity contribution in [2.45, 2.75) is 45.3 Å². The summed E-state index contributed by atoms with van der Waals surface area (Å²) in [6.07, 6.45) is 0.970. The molecule has 2 aliphatic heterocycles. The molecule has 4 rings (SSSR count). The van der Waals surface area contributed by atoms with Crippen LogP contribution in [0.3, 0.4) is 0 Å². The van der Waals surface area contributed by atoms with E-state index < -0.39 is 0 Å². The molecule has 0 radical (unpaired) electrons. The molecule has 2 aromatic rings. The fourth-order valence-corrected chi connectivity index (χ4v) is 4.37. The summed E-state index contributed by atoms with van der Waals surface area (Å²) in [6.45, 7) is 10.2. The molecule has 1 saturated heterocycles. The standard InChI is InChI=1S/C24H31FN4O/c1-24(2,3)28-13-12-19(17-28)26-23(30)29-15-14-27(21-10-6-7-11-22(21)29)16-18-8-4-5-9-20(18)25/h4-11,19H,12-17H2,1-3H3,(H,26,30)/t19-/m1/s1. The van der Waals surface area contributed by atoms with Crippen molar-refractivity contribution in [2.24, 2.45) is 0 Å². The molecule has 0 aliphatic carbocycles. The van der Waals surface area contributed by atoms with Gasteiger partial charge in [0.2, 0.25) is 0 Å². The first-order valence-electron chi connectivity index (χ1n) is 10.7. The summed E-state index contributed by atoms with van der Waals surface area (Å²) in [4.78, 5) is 19.5. The number of rotatable bonds is 3. The van der Waals surface area contributed by atoms with Crippen molar-refractivity contribution in [1.82, 2.24) is 10.2 Å². The number of para-hydroxylation sites is 2. The molecule has 0 unspecified atom stereocenters. The molecule has 2 aliphatic rings. The predicted molar refractivity (Wildman–Crippen MR) is 120 cm³/mol. The topological polar surface area (TPSA) is 38.8 Å². The van der Waals surface area contributed by atoms with Crippen LogP contribution >= 0.6 is 0 Å². The van der Waals surface area contributed by atoms with Crippen LogP contribution in [0, 0.1) is 5.82 Å². The van der Waals surface area contributed by atoms with Crippen LogP contribution in [-0.2, 0) is 6.54 Å². The Labute approximate surface area is 178 Å². The number of fused-ring (bicyclic) bond motifs is 1. The molecule has 160 valence electrons. The predicted octanol–water partition coefficient (Wildman–Crippen LogP) is 4.23. The van der Waals surface area contributed by atoms with Crippen molar-refractivity contribution < 1.29 is 9.18 Å². The lowest BCUT2D eigenvalue weighted by Gasteiger charge is -2.38. The van der Waals surface area contributed by atoms with Crippen LogP contribution in [0.4, 0.5) is 20.6 Å². The van der Waals surface area contributed by atoms with Crippen LogP contribution in [0.15, 0.2) is 48.5 Å². The minimum Gasteiger partial charge on any atom is -0.364 e. The van der Waals surface area contributed by atoms with Crippen molar-refractivity contribution in [3.05, 3.63) is 59.9 Å². The summed E-state index contributed by atoms with van der Waals surface area (Å²) in [7, 11) is 0. The number of hydrogen-bond donors (Lipinski definition) is 1. The van der Waals surface area contributed by atoms with E-state index >= 15 is 0 Å². The Balaban J connectivity index is 1.47. The summed E-state index contributed by atoms with van der Waals surface area (Å²) in [6, 6.07) is 14.9. The normalized spacial score (nSPS) is 19.7. The van der Waals surface area contributed by atoms with Gasteiger partial charge >= 0.3 is 6.03 Å². The lowest BCUT2D eigenvalue weighted by atomic mass is 10.1. The molecule has 2 heterocycles. The zero-order valence-corrected chi connectivity index (χ0v) is 18.1. The van der Waals surface area contributed by atoms with Gasteiger partial charge in [0, 0.05) is 49.9 Å². The lowest BCUT2D eigenvalue weighted by Crippen LogP contribution is -2.51. The molecule has 0 spiro atoms. The van der Waals surface area contributed by atoms with Crippen molar-refractivity contribution in [1.29, 1.82) is 0 Å². The third-order valence-electron chi connectivity index (χ3n) is 6.14. The molecular formula is C24H31FN4O. The van der Waals surface area contributed by atoms with Gasteiger partial charge < -0.3 is 10.2 Å². The second-order valence-electron chi connectivity index (χ2n) is 9.21. The van der Waals surface area contributed by atoms with E-state index in [1.807, 2.05) is 41.3 Å². The van der Waals surface area contributed by atoms with Gasteiger partial charge in [0.15, 0.2) is 0 Å². The van der Waals surface area contributed by atoms with Crippen LogP contribution in [0.25, 0.3) is 0 Å². The molecule has 5 nitrogen and oxygen atoms in total. The molecule has 0 bridgehead atoms. The monoisotopic (exact) mass is 410 g/mol. The fourth-order valence-electron chi connectivity index (χ4n) is 4.37. The molecule has 6 heteroatoms. The number of carbonyl (C=O) groups excluding carboxylic acids is 1. The Bertz CT molecular complexity index is 910. The Hall–Kier alpha value is -2.60. The van der Waals surface area contributed by atoms with Crippen LogP contribution in [0.2, 0.25) is 0 Å². The number of benzene rings is 2. The largest absolute Gasteiger partial charge is 0.364 e. The van der Waals surface area contributed by atoms with Crippen molar-refractivity contribution in [3.8, 4) is 0 Å². The van der Waals surface area contributed by atoms with E-state index in [-0.39, 0.29) is 23.4 Å². The first kappa shape index (κ1) is 20.7. The van der Waals surface area contributed by atoms with Gasteiger partial charge in [0.1, 0.15) is 5.82 Å². The quantitative estimate of drug-likeness (QED) is 0.823. The molecule has 1 N–H and O–H groups in total. The molecule has 1 atom stereocenters. The number of likely N-dealkylation sites (tertiary alicyclic amines) is 1. The second-order valence-corrected chi connectivity index (χ2v) is 9.21. The molecule has 30 heavy (non-hydrogen) atoms. The maximum atomic E-state index is 14.2. The van der Waals surface area contributed by atoms with Gasteiger partial charge in [-0.2, -0.15) is 0 Å². The molecular weight excluding hydrogens is 379 g/mol. The Morgan fingerprint density at radius 2 is 1.73 bits per heavy atom. The Morgan fingerprint density at radius 3 is 2.43 bits per heavy atom. The van der Waals surface area contributed by atoms with Crippen LogP contribution in [0.1, 0.15) is 32.8 Å². The highest BCUT2D eigenvalue weighted by atomic mass is 19.1. The number of amides is 2. The van der Waals surface area contributed by atoms with E-state index in [2.05, 4.69) is 35.9 Å². The van der Waals surface area contributed by atoms with Gasteiger partial charge in [0.25, 0.3) is 0 Å². The first-order valence-corrected chi connectivity index (χ1v) is 10.7. The lowest BCUT2D eigenvalue weighted by molar-refractivity contribution is 0.170. The van der Waals surface area contributed by atoms with E-state index in [1.165, 1.54) is 6.07 Å². The summed E-state index contributed by atoms with van der Waals surface area (Å²) >= 11 is 0. The van der Waals surface area contributed by atoms with Crippen molar-refractivity contribution in [3.63, 3.8) is 0 Å². The highest BCUT2D eigenvalue weighted by molar-refractivity contribution is 5.97. The minimum atomic E-state index is -0.195. The van der Waals surface area contributed by atoms with Crippen molar-refractivity contribution in [2.75, 3.05) is 36.0 Å². The number of anilines is 2. The van der Waals surface area contributed by atoms with Gasteiger partial charge in [-0.05, 0) is 45.4 Å². The zero-order chi connectivity index (χ0) is 21.3. The average molecular weight is 411 g/mol. The van der Waals surface area contributed by atoms with Crippen LogP contribution in [0.5, 0.6) is 0 Å². The molecule has 2 amide bonds. The second kappa shape index (κ2) is 8.26. The van der Waals surface area contributed by atoms with Crippen LogP contribution in [-0.4, -0.2) is 48.7 Å². The SMILES string of the molecule is CC(C)(C)N1CC[C@@H](NC(=O)N2CCN(Cc3ccccc3F)c3ccccc32)C1. The number of carbonyl (C=O) groups is 1. The van der Waals surface area contributed by atoms with E-state index in [9.17, 15) is 9.18 Å². The number of hydrogen-bond acceptors (Lipinski definition) is 3. The van der Waals surface area contributed by atoms with Crippen LogP contribution < -0.4 is 15.1 Å². The summed E-state index contributed by atoms with van der Waals surface area (Å²) in [5, 5.41) is 3.23. The van der Waals surface area contributed by atoms with Gasteiger partial charge in [0.05, 0.1) is 11.4 Å². The third kappa shape index (κ3) is 4.29. The number of nitrogens with zero attached hydrogens (tertiary/aromatic N) is 3. The smallest absolute Gasteiger partial charge is 0.322 e. The third-order valence-corrected chi connectivity index (χ3v) is 6.14. The van der Waals surface area contributed by atoms with E-state index in [0.29, 0.717) is 25.2 Å². The van der Waals surface area contributed by atoms with E-state index in [1.54, 1.807) is 6.07 Å². The summed E-state index contributed by atoms with van der Waals surface area (Å²) in [5.74, 6) is -0.195. The molecule has 2 aromatic carbocycles. The summed E-state index contributed by atoms with van der Waals surface area (Å²) in [5.41, 5.74) is 2.62. The van der Waals surface area contributed by atoms with Gasteiger partial charge in [-0.1, -0.05) is 30.3 Å². The van der Waals surface area contributed by atoms with Crippen molar-refractivity contribution >= 4 is 17.4 Å². The van der Waals surface area contributed by atoms with Gasteiger partial charge in [-0.25, -0.2) is 9.18 Å². The zero-order valence-electron chi connectivity index (χ0n) is 18.1. The highest BCUT2D eigenvalue weighted by Gasteiger charge is 2.33. The Kier molecular flexibility index (Phi) is 5.69. The number of halogens is 1. The molecule has 0 aromatic heterocycles. The molecule has 1 fully saturated rings. The first-order chi connectivity index (χ1) is 14.3. The number of urea groups is 1. The number of nitrogens with one attached hydrogen (secondary N) is 1. The van der Waals surface area contributed by atoms with E-state index in [0.717, 1.165) is 30.9 Å². The Morgan fingerprint density at radius 1 is 1.03 bits per heavy atom. The fraction of sp³-hybridized carbons (Fsp3) is 0.458. The minimum absolute atomic E-state index is 0.0475. The maximum absolute atomic E-state index is 14.2. The average Bonchev–Trinajstić information content (AvgIpc) is 3.19. The van der Waals surface area contributed by atoms with E-state index in [4.69, 9.17) is 0 Å².